The molecule has 23 heavy (non-hydrogen) atoms. The highest BCUT2D eigenvalue weighted by Gasteiger charge is 2.07. The number of hydrogen-bond acceptors (Lipinski definition) is 5. The summed E-state index contributed by atoms with van der Waals surface area (Å²) in [5.41, 5.74) is 1.44. The van der Waals surface area contributed by atoms with Crippen molar-refractivity contribution in [1.82, 2.24) is 10.2 Å². The zero-order valence-corrected chi connectivity index (χ0v) is 13.5. The molecule has 0 aliphatic carbocycles. The molecule has 0 spiro atoms. The zero-order chi connectivity index (χ0) is 16.1. The van der Waals surface area contributed by atoms with Gasteiger partial charge >= 0.3 is 0 Å². The summed E-state index contributed by atoms with van der Waals surface area (Å²) >= 11 is 7.28. The molecule has 0 fully saturated rings. The fraction of sp³-hybridized carbons (Fsp3) is 0.0625. The van der Waals surface area contributed by atoms with Crippen LogP contribution < -0.4 is 5.32 Å². The van der Waals surface area contributed by atoms with Crippen LogP contribution in [0.5, 0.6) is 0 Å². The number of carbonyl (C=O) groups excluding carboxylic acids is 1. The van der Waals surface area contributed by atoms with E-state index in [1.165, 1.54) is 18.2 Å². The first-order chi connectivity index (χ1) is 11.2. The van der Waals surface area contributed by atoms with E-state index in [0.717, 1.165) is 10.5 Å². The highest BCUT2D eigenvalue weighted by Crippen LogP contribution is 2.22. The van der Waals surface area contributed by atoms with Crippen LogP contribution in [0.25, 0.3) is 11.5 Å². The molecule has 116 valence electrons. The molecule has 0 saturated heterocycles. The average molecular weight is 346 g/mol. The first-order valence-corrected chi connectivity index (χ1v) is 8.12. The normalized spacial score (nSPS) is 10.5. The number of aromatic nitrogens is 2. The summed E-state index contributed by atoms with van der Waals surface area (Å²) in [6.07, 6.45) is 1.27. The molecule has 2 aromatic carbocycles. The topological polar surface area (TPSA) is 68.0 Å². The third-order valence-corrected chi connectivity index (χ3v) is 4.20. The number of amides is 1. The molecule has 1 amide bonds. The largest absolute Gasteiger partial charge is 0.423 e. The minimum Gasteiger partial charge on any atom is -0.423 e. The number of thioether (sulfide) groups is 1. The van der Waals surface area contributed by atoms with Gasteiger partial charge in [-0.2, -0.15) is 0 Å². The van der Waals surface area contributed by atoms with E-state index in [4.69, 9.17) is 16.0 Å². The van der Waals surface area contributed by atoms with Crippen LogP contribution in [0, 0.1) is 0 Å². The Hall–Kier alpha value is -2.31. The van der Waals surface area contributed by atoms with Crippen LogP contribution in [-0.4, -0.2) is 21.9 Å². The Morgan fingerprint density at radius 2 is 2.04 bits per heavy atom. The fourth-order valence-corrected chi connectivity index (χ4v) is 2.73. The lowest BCUT2D eigenvalue weighted by molar-refractivity contribution is -0.113. The quantitative estimate of drug-likeness (QED) is 0.704. The maximum Gasteiger partial charge on any atom is 0.247 e. The van der Waals surface area contributed by atoms with Crippen molar-refractivity contribution in [3.05, 3.63) is 59.9 Å². The SMILES string of the molecule is O=C(CSc1ccc(Cl)cc1)Nc1cccc(-c2nnco2)c1. The Kier molecular flexibility index (Phi) is 4.95. The van der Waals surface area contributed by atoms with E-state index in [1.807, 2.05) is 30.3 Å². The molecule has 0 aliphatic rings. The third kappa shape index (κ3) is 4.34. The molecule has 3 rings (SSSR count). The maximum atomic E-state index is 12.0. The molecular weight excluding hydrogens is 334 g/mol. The van der Waals surface area contributed by atoms with Crippen molar-refractivity contribution in [3.8, 4) is 11.5 Å². The van der Waals surface area contributed by atoms with Gasteiger partial charge < -0.3 is 9.73 Å². The number of benzene rings is 2. The van der Waals surface area contributed by atoms with Gasteiger partial charge in [0.05, 0.1) is 5.75 Å². The van der Waals surface area contributed by atoms with E-state index in [2.05, 4.69) is 15.5 Å². The number of hydrogen-bond donors (Lipinski definition) is 1. The summed E-state index contributed by atoms with van der Waals surface area (Å²) in [6, 6.07) is 14.6. The Morgan fingerprint density at radius 3 is 2.78 bits per heavy atom. The predicted molar refractivity (Wildman–Crippen MR) is 90.5 cm³/mol. The number of rotatable bonds is 5. The van der Waals surface area contributed by atoms with Crippen LogP contribution in [0.2, 0.25) is 5.02 Å². The monoisotopic (exact) mass is 345 g/mol. The second-order valence-electron chi connectivity index (χ2n) is 4.62. The molecule has 0 radical (unpaired) electrons. The van der Waals surface area contributed by atoms with E-state index in [0.29, 0.717) is 22.4 Å². The van der Waals surface area contributed by atoms with E-state index in [9.17, 15) is 4.79 Å². The summed E-state index contributed by atoms with van der Waals surface area (Å²) < 4.78 is 5.14. The molecule has 0 bridgehead atoms. The van der Waals surface area contributed by atoms with Gasteiger partial charge in [-0.3, -0.25) is 4.79 Å². The fourth-order valence-electron chi connectivity index (χ4n) is 1.91. The van der Waals surface area contributed by atoms with E-state index in [1.54, 1.807) is 18.2 Å². The van der Waals surface area contributed by atoms with Crippen molar-refractivity contribution in [2.45, 2.75) is 4.90 Å². The van der Waals surface area contributed by atoms with Crippen LogP contribution >= 0.6 is 23.4 Å². The maximum absolute atomic E-state index is 12.0. The molecule has 1 heterocycles. The van der Waals surface area contributed by atoms with Crippen molar-refractivity contribution in [2.75, 3.05) is 11.1 Å². The Morgan fingerprint density at radius 1 is 1.22 bits per heavy atom. The molecule has 0 aliphatic heterocycles. The first kappa shape index (κ1) is 15.6. The van der Waals surface area contributed by atoms with Gasteiger partial charge in [0.15, 0.2) is 0 Å². The second kappa shape index (κ2) is 7.30. The zero-order valence-electron chi connectivity index (χ0n) is 11.9. The molecule has 0 unspecified atom stereocenters. The lowest BCUT2D eigenvalue weighted by Crippen LogP contribution is -2.13. The molecule has 7 heteroatoms. The van der Waals surface area contributed by atoms with E-state index < -0.39 is 0 Å². The number of nitrogens with one attached hydrogen (secondary N) is 1. The lowest BCUT2D eigenvalue weighted by atomic mass is 10.2. The van der Waals surface area contributed by atoms with Gasteiger partial charge in [-0.15, -0.1) is 22.0 Å². The van der Waals surface area contributed by atoms with Crippen LogP contribution in [0.1, 0.15) is 0 Å². The first-order valence-electron chi connectivity index (χ1n) is 6.75. The summed E-state index contributed by atoms with van der Waals surface area (Å²) in [4.78, 5) is 13.0. The summed E-state index contributed by atoms with van der Waals surface area (Å²) in [5, 5.41) is 11.0. The summed E-state index contributed by atoms with van der Waals surface area (Å²) in [6.45, 7) is 0. The van der Waals surface area contributed by atoms with Gasteiger partial charge in [-0.1, -0.05) is 17.7 Å². The van der Waals surface area contributed by atoms with Crippen LogP contribution in [-0.2, 0) is 4.79 Å². The van der Waals surface area contributed by atoms with Gasteiger partial charge in [0.25, 0.3) is 0 Å². The minimum atomic E-state index is -0.0902. The van der Waals surface area contributed by atoms with Gasteiger partial charge in [-0.05, 0) is 42.5 Å². The van der Waals surface area contributed by atoms with Crippen molar-refractivity contribution >= 4 is 35.0 Å². The van der Waals surface area contributed by atoms with Gasteiger partial charge in [-0.25, -0.2) is 0 Å². The number of nitrogens with zero attached hydrogens (tertiary/aromatic N) is 2. The number of anilines is 1. The van der Waals surface area contributed by atoms with Gasteiger partial charge in [0, 0.05) is 21.2 Å². The van der Waals surface area contributed by atoms with Gasteiger partial charge in [0.2, 0.25) is 18.2 Å². The lowest BCUT2D eigenvalue weighted by Gasteiger charge is -2.06. The highest BCUT2D eigenvalue weighted by molar-refractivity contribution is 8.00. The molecule has 1 aromatic heterocycles. The molecule has 3 aromatic rings. The predicted octanol–water partition coefficient (Wildman–Crippen LogP) is 4.12. The standard InChI is InChI=1S/C16H12ClN3O2S/c17-12-4-6-14(7-5-12)23-9-15(21)19-13-3-1-2-11(8-13)16-20-18-10-22-16/h1-8,10H,9H2,(H,19,21). The Labute approximate surface area is 142 Å². The van der Waals surface area contributed by atoms with E-state index in [-0.39, 0.29) is 5.91 Å². The third-order valence-electron chi connectivity index (χ3n) is 2.94. The highest BCUT2D eigenvalue weighted by atomic mass is 35.5. The summed E-state index contributed by atoms with van der Waals surface area (Å²) in [7, 11) is 0. The second-order valence-corrected chi connectivity index (χ2v) is 6.10. The molecule has 0 atom stereocenters. The van der Waals surface area contributed by atoms with Crippen LogP contribution in [0.3, 0.4) is 0 Å². The molecule has 5 nitrogen and oxygen atoms in total. The van der Waals surface area contributed by atoms with Crippen LogP contribution in [0.15, 0.2) is 64.2 Å². The average Bonchev–Trinajstić information content (AvgIpc) is 3.09. The summed E-state index contributed by atoms with van der Waals surface area (Å²) in [5.74, 6) is 0.635. The van der Waals surface area contributed by atoms with Crippen molar-refractivity contribution in [1.29, 1.82) is 0 Å². The van der Waals surface area contributed by atoms with Crippen molar-refractivity contribution < 1.29 is 9.21 Å². The number of halogens is 1. The van der Waals surface area contributed by atoms with Crippen molar-refractivity contribution in [2.24, 2.45) is 0 Å². The smallest absolute Gasteiger partial charge is 0.247 e. The minimum absolute atomic E-state index is 0.0902. The molecule has 1 N–H and O–H groups in total. The van der Waals surface area contributed by atoms with E-state index >= 15 is 0 Å². The Bertz CT molecular complexity index is 791. The Balaban J connectivity index is 1.59. The number of carbonyl (C=O) groups is 1. The van der Waals surface area contributed by atoms with Gasteiger partial charge in [0.1, 0.15) is 0 Å². The molecule has 0 saturated carbocycles. The van der Waals surface area contributed by atoms with Crippen LogP contribution in [0.4, 0.5) is 5.69 Å². The van der Waals surface area contributed by atoms with Crippen molar-refractivity contribution in [3.63, 3.8) is 0 Å². The molecular formula is C16H12ClN3O2S.